The molecule has 0 saturated carbocycles. The summed E-state index contributed by atoms with van der Waals surface area (Å²) >= 11 is 0. The number of hydrogen-bond donors (Lipinski definition) is 0. The molecule has 2 heterocycles. The van der Waals surface area contributed by atoms with Gasteiger partial charge in [-0.2, -0.15) is 0 Å². The summed E-state index contributed by atoms with van der Waals surface area (Å²) in [4.78, 5) is 25.3. The number of carbonyl (C=O) groups is 2. The number of Topliss-reactive ketones (excluding diaryl/α,β-unsaturated/α-hetero) is 1. The first kappa shape index (κ1) is 20.4. The van der Waals surface area contributed by atoms with E-state index in [-0.39, 0.29) is 23.1 Å². The first-order valence-corrected chi connectivity index (χ1v) is 10.1. The van der Waals surface area contributed by atoms with E-state index in [0.29, 0.717) is 28.4 Å². The number of fused-ring (bicyclic) bond motifs is 2. The SMILES string of the molecule is COc1ccc(/C=C2\Oc3cc(OC(=O)c4cc5cccc(OC)c5o4)ccc3C2=O)cc1. The van der Waals surface area contributed by atoms with Crippen molar-refractivity contribution in [1.29, 1.82) is 0 Å². The van der Waals surface area contributed by atoms with Crippen molar-refractivity contribution < 1.29 is 33.0 Å². The smallest absolute Gasteiger partial charge is 0.379 e. The molecule has 0 amide bonds. The van der Waals surface area contributed by atoms with E-state index in [1.54, 1.807) is 49.6 Å². The van der Waals surface area contributed by atoms with Gasteiger partial charge in [-0.15, -0.1) is 0 Å². The zero-order valence-electron chi connectivity index (χ0n) is 17.8. The predicted octanol–water partition coefficient (Wildman–Crippen LogP) is 5.29. The molecule has 7 nitrogen and oxygen atoms in total. The van der Waals surface area contributed by atoms with Gasteiger partial charge in [-0.1, -0.05) is 24.3 Å². The van der Waals surface area contributed by atoms with Gasteiger partial charge in [-0.25, -0.2) is 4.79 Å². The normalized spacial score (nSPS) is 13.6. The maximum Gasteiger partial charge on any atom is 0.379 e. The maximum absolute atomic E-state index is 12.7. The molecule has 0 aliphatic carbocycles. The van der Waals surface area contributed by atoms with Crippen molar-refractivity contribution in [2.24, 2.45) is 0 Å². The molecule has 0 bridgehead atoms. The molecule has 7 heteroatoms. The highest BCUT2D eigenvalue weighted by molar-refractivity contribution is 6.14. The van der Waals surface area contributed by atoms with E-state index in [1.165, 1.54) is 19.2 Å². The minimum absolute atomic E-state index is 0.0343. The van der Waals surface area contributed by atoms with Gasteiger partial charge < -0.3 is 23.4 Å². The van der Waals surface area contributed by atoms with E-state index in [0.717, 1.165) is 10.9 Å². The molecule has 1 aliphatic heterocycles. The Kier molecular flexibility index (Phi) is 5.06. The number of methoxy groups -OCH3 is 2. The van der Waals surface area contributed by atoms with Crippen LogP contribution in [0.1, 0.15) is 26.5 Å². The fourth-order valence-electron chi connectivity index (χ4n) is 3.54. The number of carbonyl (C=O) groups excluding carboxylic acids is 2. The molecule has 0 fully saturated rings. The first-order valence-electron chi connectivity index (χ1n) is 10.1. The third-order valence-corrected chi connectivity index (χ3v) is 5.19. The fourth-order valence-corrected chi connectivity index (χ4v) is 3.54. The van der Waals surface area contributed by atoms with Crippen LogP contribution in [-0.4, -0.2) is 26.0 Å². The van der Waals surface area contributed by atoms with Crippen molar-refractivity contribution in [3.05, 3.63) is 89.4 Å². The van der Waals surface area contributed by atoms with Gasteiger partial charge in [0.15, 0.2) is 17.1 Å². The third kappa shape index (κ3) is 3.80. The molecule has 4 aromatic rings. The van der Waals surface area contributed by atoms with Crippen LogP contribution in [0.25, 0.3) is 17.0 Å². The molecule has 0 spiro atoms. The second-order valence-electron chi connectivity index (χ2n) is 7.25. The van der Waals surface area contributed by atoms with Crippen LogP contribution in [0.4, 0.5) is 0 Å². The highest BCUT2D eigenvalue weighted by Gasteiger charge is 2.28. The van der Waals surface area contributed by atoms with Crippen molar-refractivity contribution in [1.82, 2.24) is 0 Å². The van der Waals surface area contributed by atoms with E-state index in [4.69, 9.17) is 23.4 Å². The van der Waals surface area contributed by atoms with Crippen LogP contribution in [-0.2, 0) is 0 Å². The van der Waals surface area contributed by atoms with Gasteiger partial charge in [0, 0.05) is 11.5 Å². The highest BCUT2D eigenvalue weighted by atomic mass is 16.6. The number of allylic oxidation sites excluding steroid dienone is 1. The summed E-state index contributed by atoms with van der Waals surface area (Å²) in [6.07, 6.45) is 1.65. The number of para-hydroxylation sites is 1. The molecular weight excluding hydrogens is 424 g/mol. The Hall–Kier alpha value is -4.52. The molecular formula is C26H18O7. The molecule has 33 heavy (non-hydrogen) atoms. The topological polar surface area (TPSA) is 84.2 Å². The summed E-state index contributed by atoms with van der Waals surface area (Å²) < 4.78 is 27.2. The lowest BCUT2D eigenvalue weighted by atomic mass is 10.1. The second-order valence-corrected chi connectivity index (χ2v) is 7.25. The highest BCUT2D eigenvalue weighted by Crippen LogP contribution is 2.35. The van der Waals surface area contributed by atoms with Crippen LogP contribution in [0.2, 0.25) is 0 Å². The fraction of sp³-hybridized carbons (Fsp3) is 0.0769. The molecule has 1 aromatic heterocycles. The number of ketones is 1. The molecule has 5 rings (SSSR count). The van der Waals surface area contributed by atoms with Gasteiger partial charge in [0.25, 0.3) is 0 Å². The summed E-state index contributed by atoms with van der Waals surface area (Å²) in [5.74, 6) is 1.08. The van der Waals surface area contributed by atoms with E-state index >= 15 is 0 Å². The van der Waals surface area contributed by atoms with E-state index in [9.17, 15) is 9.59 Å². The monoisotopic (exact) mass is 442 g/mol. The van der Waals surface area contributed by atoms with Crippen molar-refractivity contribution in [2.75, 3.05) is 14.2 Å². The summed E-state index contributed by atoms with van der Waals surface area (Å²) in [5, 5.41) is 0.720. The van der Waals surface area contributed by atoms with Gasteiger partial charge in [-0.05, 0) is 48.0 Å². The molecule has 1 aliphatic rings. The Morgan fingerprint density at radius 3 is 2.45 bits per heavy atom. The predicted molar refractivity (Wildman–Crippen MR) is 120 cm³/mol. The van der Waals surface area contributed by atoms with Crippen molar-refractivity contribution in [2.45, 2.75) is 0 Å². The van der Waals surface area contributed by atoms with Gasteiger partial charge >= 0.3 is 5.97 Å². The third-order valence-electron chi connectivity index (χ3n) is 5.19. The lowest BCUT2D eigenvalue weighted by Crippen LogP contribution is -2.07. The van der Waals surface area contributed by atoms with Gasteiger partial charge in [0.1, 0.15) is 17.2 Å². The number of esters is 1. The van der Waals surface area contributed by atoms with E-state index in [2.05, 4.69) is 0 Å². The Morgan fingerprint density at radius 2 is 1.70 bits per heavy atom. The zero-order chi connectivity index (χ0) is 22.9. The Bertz CT molecular complexity index is 1410. The summed E-state index contributed by atoms with van der Waals surface area (Å²) in [6.45, 7) is 0. The second kappa shape index (κ2) is 8.20. The molecule has 3 aromatic carbocycles. The van der Waals surface area contributed by atoms with Gasteiger partial charge in [-0.3, -0.25) is 4.79 Å². The molecule has 0 N–H and O–H groups in total. The zero-order valence-corrected chi connectivity index (χ0v) is 17.8. The maximum atomic E-state index is 12.7. The van der Waals surface area contributed by atoms with Crippen LogP contribution < -0.4 is 18.9 Å². The van der Waals surface area contributed by atoms with Crippen molar-refractivity contribution in [3.63, 3.8) is 0 Å². The minimum Gasteiger partial charge on any atom is -0.497 e. The molecule has 0 atom stereocenters. The largest absolute Gasteiger partial charge is 0.497 e. The number of ether oxygens (including phenoxy) is 4. The van der Waals surface area contributed by atoms with Gasteiger partial charge in [0.05, 0.1) is 19.8 Å². The molecule has 0 saturated heterocycles. The van der Waals surface area contributed by atoms with Crippen LogP contribution in [0, 0.1) is 0 Å². The molecule has 164 valence electrons. The van der Waals surface area contributed by atoms with Crippen molar-refractivity contribution in [3.8, 4) is 23.0 Å². The number of furan rings is 1. The number of benzene rings is 3. The van der Waals surface area contributed by atoms with Gasteiger partial charge in [0.2, 0.25) is 11.5 Å². The van der Waals surface area contributed by atoms with Crippen LogP contribution >= 0.6 is 0 Å². The van der Waals surface area contributed by atoms with Crippen LogP contribution in [0.5, 0.6) is 23.0 Å². The lowest BCUT2D eigenvalue weighted by molar-refractivity contribution is 0.0703. The quantitative estimate of drug-likeness (QED) is 0.236. The molecule has 0 unspecified atom stereocenters. The number of rotatable bonds is 5. The lowest BCUT2D eigenvalue weighted by Gasteiger charge is -2.04. The van der Waals surface area contributed by atoms with Crippen molar-refractivity contribution >= 4 is 28.8 Å². The van der Waals surface area contributed by atoms with Crippen LogP contribution in [0.3, 0.4) is 0 Å². The van der Waals surface area contributed by atoms with Crippen LogP contribution in [0.15, 0.2) is 76.9 Å². The van der Waals surface area contributed by atoms with E-state index in [1.807, 2.05) is 18.2 Å². The standard InChI is InChI=1S/C26H18O7/c1-29-17-8-6-15(7-9-17)12-22-24(27)19-11-10-18(14-21(19)32-22)31-26(28)23-13-16-4-3-5-20(30-2)25(16)33-23/h3-14H,1-2H3/b22-12-. The summed E-state index contributed by atoms with van der Waals surface area (Å²) in [5.41, 5.74) is 1.64. The van der Waals surface area contributed by atoms with E-state index < -0.39 is 5.97 Å². The average molecular weight is 442 g/mol. The Labute approximate surface area is 188 Å². The first-order chi connectivity index (χ1) is 16.1. The average Bonchev–Trinajstić information content (AvgIpc) is 3.41. The summed E-state index contributed by atoms with van der Waals surface area (Å²) in [6, 6.07) is 18.8. The molecule has 0 radical (unpaired) electrons. The minimum atomic E-state index is -0.675. The summed E-state index contributed by atoms with van der Waals surface area (Å²) in [7, 11) is 3.11. The Balaban J connectivity index is 1.36. The number of hydrogen-bond acceptors (Lipinski definition) is 7. The Morgan fingerprint density at radius 1 is 0.909 bits per heavy atom.